The number of rotatable bonds is 4. The molecule has 0 aliphatic carbocycles. The summed E-state index contributed by atoms with van der Waals surface area (Å²) in [6.45, 7) is 5.00. The highest BCUT2D eigenvalue weighted by molar-refractivity contribution is 6.30. The molecule has 2 aromatic carbocycles. The van der Waals surface area contributed by atoms with Crippen LogP contribution in [0.1, 0.15) is 11.1 Å². The van der Waals surface area contributed by atoms with Crippen LogP contribution in [0.4, 0.5) is 5.88 Å². The maximum atomic E-state index is 12.5. The van der Waals surface area contributed by atoms with E-state index in [4.69, 9.17) is 25.5 Å². The Bertz CT molecular complexity index is 1010. The first kappa shape index (κ1) is 17.9. The second-order valence-electron chi connectivity index (χ2n) is 6.53. The van der Waals surface area contributed by atoms with E-state index < -0.39 is 0 Å². The minimum atomic E-state index is -0.0508. The number of hydrogen-bond acceptors (Lipinski definition) is 5. The van der Waals surface area contributed by atoms with E-state index in [1.54, 1.807) is 12.1 Å². The average molecular weight is 386 g/mol. The van der Waals surface area contributed by atoms with Gasteiger partial charge in [-0.2, -0.15) is 0 Å². The molecule has 140 valence electrons. The fourth-order valence-corrected chi connectivity index (χ4v) is 3.29. The van der Waals surface area contributed by atoms with Gasteiger partial charge in [0.1, 0.15) is 17.9 Å². The summed E-state index contributed by atoms with van der Waals surface area (Å²) in [6.07, 6.45) is 0. The lowest BCUT2D eigenvalue weighted by Crippen LogP contribution is -2.36. The lowest BCUT2D eigenvalue weighted by atomic mass is 10.1. The molecule has 1 aliphatic heterocycles. The van der Waals surface area contributed by atoms with Gasteiger partial charge in [-0.1, -0.05) is 23.7 Å². The third kappa shape index (κ3) is 3.80. The number of hydrogen-bond donors (Lipinski definition) is 0. The molecule has 0 atom stereocenters. The predicted molar refractivity (Wildman–Crippen MR) is 106 cm³/mol. The van der Waals surface area contributed by atoms with Crippen molar-refractivity contribution < 1.29 is 13.9 Å². The van der Waals surface area contributed by atoms with Crippen molar-refractivity contribution in [3.63, 3.8) is 0 Å². The zero-order valence-electron chi connectivity index (χ0n) is 15.0. The van der Waals surface area contributed by atoms with Crippen molar-refractivity contribution in [1.29, 1.82) is 0 Å². The van der Waals surface area contributed by atoms with Crippen molar-refractivity contribution in [3.05, 3.63) is 68.8 Å². The highest BCUT2D eigenvalue weighted by atomic mass is 35.5. The third-order valence-corrected chi connectivity index (χ3v) is 4.97. The molecule has 0 N–H and O–H groups in total. The molecule has 2 heterocycles. The monoisotopic (exact) mass is 385 g/mol. The standard InChI is InChI=1S/C21H20ClNO4/c1-14-19(26-13-15-2-4-16(22)5-3-15)7-6-17-18(24)12-20(27-21(14)17)23-8-10-25-11-9-23/h2-7,12H,8-11,13H2,1H3. The fraction of sp³-hybridized carbons (Fsp3) is 0.286. The summed E-state index contributed by atoms with van der Waals surface area (Å²) in [5.41, 5.74) is 2.35. The summed E-state index contributed by atoms with van der Waals surface area (Å²) >= 11 is 5.92. The molecule has 0 unspecified atom stereocenters. The van der Waals surface area contributed by atoms with Crippen molar-refractivity contribution in [2.24, 2.45) is 0 Å². The van der Waals surface area contributed by atoms with Crippen molar-refractivity contribution in [2.45, 2.75) is 13.5 Å². The quantitative estimate of drug-likeness (QED) is 0.674. The van der Waals surface area contributed by atoms with Crippen molar-refractivity contribution in [3.8, 4) is 5.75 Å². The Morgan fingerprint density at radius 1 is 1.11 bits per heavy atom. The Kier molecular flexibility index (Phi) is 5.05. The average Bonchev–Trinajstić information content (AvgIpc) is 2.70. The van der Waals surface area contributed by atoms with Crippen molar-refractivity contribution in [2.75, 3.05) is 31.2 Å². The Hall–Kier alpha value is -2.50. The van der Waals surface area contributed by atoms with Crippen LogP contribution in [0.5, 0.6) is 5.75 Å². The summed E-state index contributed by atoms with van der Waals surface area (Å²) in [4.78, 5) is 14.6. The Morgan fingerprint density at radius 3 is 2.59 bits per heavy atom. The molecule has 0 radical (unpaired) electrons. The molecular formula is C21H20ClNO4. The van der Waals surface area contributed by atoms with Gasteiger partial charge < -0.3 is 18.8 Å². The lowest BCUT2D eigenvalue weighted by molar-refractivity contribution is 0.121. The van der Waals surface area contributed by atoms with Gasteiger partial charge in [0.15, 0.2) is 11.3 Å². The van der Waals surface area contributed by atoms with Gasteiger partial charge in [-0.25, -0.2) is 0 Å². The van der Waals surface area contributed by atoms with E-state index in [1.807, 2.05) is 42.2 Å². The van der Waals surface area contributed by atoms with Crippen LogP contribution in [0.3, 0.4) is 0 Å². The van der Waals surface area contributed by atoms with Gasteiger partial charge in [-0.05, 0) is 36.8 Å². The van der Waals surface area contributed by atoms with Gasteiger partial charge in [0.2, 0.25) is 0 Å². The van der Waals surface area contributed by atoms with Crippen LogP contribution in [-0.4, -0.2) is 26.3 Å². The maximum absolute atomic E-state index is 12.5. The smallest absolute Gasteiger partial charge is 0.200 e. The molecule has 1 aromatic heterocycles. The summed E-state index contributed by atoms with van der Waals surface area (Å²) in [5.74, 6) is 1.27. The van der Waals surface area contributed by atoms with Gasteiger partial charge >= 0.3 is 0 Å². The summed E-state index contributed by atoms with van der Waals surface area (Å²) in [7, 11) is 0. The highest BCUT2D eigenvalue weighted by Crippen LogP contribution is 2.29. The molecule has 1 fully saturated rings. The molecule has 0 saturated carbocycles. The van der Waals surface area contributed by atoms with E-state index in [1.165, 1.54) is 0 Å². The number of morpholine rings is 1. The molecule has 1 saturated heterocycles. The van der Waals surface area contributed by atoms with E-state index >= 15 is 0 Å². The normalized spacial score (nSPS) is 14.5. The van der Waals surface area contributed by atoms with Gasteiger partial charge in [-0.3, -0.25) is 4.79 Å². The van der Waals surface area contributed by atoms with Gasteiger partial charge in [0.05, 0.1) is 18.6 Å². The predicted octanol–water partition coefficient (Wildman–Crippen LogP) is 4.17. The van der Waals surface area contributed by atoms with E-state index in [9.17, 15) is 4.79 Å². The van der Waals surface area contributed by atoms with Crippen LogP contribution in [-0.2, 0) is 11.3 Å². The lowest BCUT2D eigenvalue weighted by Gasteiger charge is -2.27. The second kappa shape index (κ2) is 7.62. The molecule has 5 nitrogen and oxygen atoms in total. The van der Waals surface area contributed by atoms with Crippen molar-refractivity contribution in [1.82, 2.24) is 0 Å². The second-order valence-corrected chi connectivity index (χ2v) is 6.97. The van der Waals surface area contributed by atoms with Crippen LogP contribution in [0, 0.1) is 6.92 Å². The first-order valence-corrected chi connectivity index (χ1v) is 9.27. The van der Waals surface area contributed by atoms with Crippen LogP contribution in [0.15, 0.2) is 51.7 Å². The fourth-order valence-electron chi connectivity index (χ4n) is 3.16. The molecule has 0 bridgehead atoms. The molecule has 0 amide bonds. The molecule has 1 aliphatic rings. The molecule has 6 heteroatoms. The largest absolute Gasteiger partial charge is 0.488 e. The molecule has 27 heavy (non-hydrogen) atoms. The van der Waals surface area contributed by atoms with Crippen LogP contribution in [0.2, 0.25) is 5.02 Å². The zero-order valence-corrected chi connectivity index (χ0v) is 15.8. The zero-order chi connectivity index (χ0) is 18.8. The number of nitrogens with zero attached hydrogens (tertiary/aromatic N) is 1. The van der Waals surface area contributed by atoms with Gasteiger partial charge in [0, 0.05) is 29.7 Å². The van der Waals surface area contributed by atoms with E-state index in [-0.39, 0.29) is 5.43 Å². The van der Waals surface area contributed by atoms with E-state index in [0.29, 0.717) is 60.5 Å². The van der Waals surface area contributed by atoms with Gasteiger partial charge in [-0.15, -0.1) is 0 Å². The molecule has 3 aromatic rings. The number of ether oxygens (including phenoxy) is 2. The van der Waals surface area contributed by atoms with Crippen LogP contribution < -0.4 is 15.1 Å². The first-order valence-electron chi connectivity index (χ1n) is 8.89. The highest BCUT2D eigenvalue weighted by Gasteiger charge is 2.17. The van der Waals surface area contributed by atoms with Gasteiger partial charge in [0.25, 0.3) is 0 Å². The summed E-state index contributed by atoms with van der Waals surface area (Å²) in [6, 6.07) is 12.7. The van der Waals surface area contributed by atoms with Crippen LogP contribution in [0.25, 0.3) is 11.0 Å². The number of aryl methyl sites for hydroxylation is 1. The first-order chi connectivity index (χ1) is 13.1. The number of halogens is 1. The summed E-state index contributed by atoms with van der Waals surface area (Å²) < 4.78 is 17.4. The summed E-state index contributed by atoms with van der Waals surface area (Å²) in [5, 5.41) is 1.25. The number of fused-ring (bicyclic) bond motifs is 1. The topological polar surface area (TPSA) is 51.9 Å². The minimum Gasteiger partial charge on any atom is -0.488 e. The Balaban J connectivity index is 1.65. The van der Waals surface area contributed by atoms with Crippen LogP contribution >= 0.6 is 11.6 Å². The van der Waals surface area contributed by atoms with E-state index in [2.05, 4.69) is 0 Å². The number of benzene rings is 2. The third-order valence-electron chi connectivity index (χ3n) is 4.71. The number of anilines is 1. The minimum absolute atomic E-state index is 0.0508. The molecular weight excluding hydrogens is 366 g/mol. The molecule has 0 spiro atoms. The van der Waals surface area contributed by atoms with Crippen molar-refractivity contribution >= 4 is 28.5 Å². The Morgan fingerprint density at radius 2 is 1.85 bits per heavy atom. The maximum Gasteiger partial charge on any atom is 0.200 e. The molecule has 4 rings (SSSR count). The Labute approximate surface area is 162 Å². The SMILES string of the molecule is Cc1c(OCc2ccc(Cl)cc2)ccc2c(=O)cc(N3CCOCC3)oc12. The van der Waals surface area contributed by atoms with E-state index in [0.717, 1.165) is 11.1 Å².